The lowest BCUT2D eigenvalue weighted by Crippen LogP contribution is -2.36. The lowest BCUT2D eigenvalue weighted by Gasteiger charge is -2.21. The Morgan fingerprint density at radius 1 is 1.34 bits per heavy atom. The SMILES string of the molecule is Cc1c(NC(=O)[C@@H]2CCN(S(C)(=O)=O)c3cc(Cl)ccc3O2)cccc1[N+](=O)[O-]. The Balaban J connectivity index is 1.90. The van der Waals surface area contributed by atoms with Gasteiger partial charge in [-0.1, -0.05) is 17.7 Å². The van der Waals surface area contributed by atoms with E-state index in [0.717, 1.165) is 10.6 Å². The summed E-state index contributed by atoms with van der Waals surface area (Å²) >= 11 is 6.00. The second-order valence-corrected chi connectivity index (χ2v) is 8.88. The zero-order valence-corrected chi connectivity index (χ0v) is 17.2. The number of sulfonamides is 1. The van der Waals surface area contributed by atoms with Crippen LogP contribution in [-0.2, 0) is 14.8 Å². The number of hydrogen-bond acceptors (Lipinski definition) is 6. The van der Waals surface area contributed by atoms with Gasteiger partial charge in [-0.25, -0.2) is 8.42 Å². The number of fused-ring (bicyclic) bond motifs is 1. The molecule has 1 aliphatic rings. The fraction of sp³-hybridized carbons (Fsp3) is 0.278. The summed E-state index contributed by atoms with van der Waals surface area (Å²) in [7, 11) is -3.62. The highest BCUT2D eigenvalue weighted by Gasteiger charge is 2.32. The Labute approximate surface area is 172 Å². The molecule has 0 saturated carbocycles. The van der Waals surface area contributed by atoms with Gasteiger partial charge in [-0.2, -0.15) is 0 Å². The van der Waals surface area contributed by atoms with Crippen molar-refractivity contribution < 1.29 is 22.9 Å². The van der Waals surface area contributed by atoms with Crippen molar-refractivity contribution in [1.82, 2.24) is 0 Å². The Hall–Kier alpha value is -2.85. The molecule has 0 aromatic heterocycles. The van der Waals surface area contributed by atoms with Gasteiger partial charge in [0.25, 0.3) is 11.6 Å². The second-order valence-electron chi connectivity index (χ2n) is 6.54. The molecule has 0 aliphatic carbocycles. The predicted octanol–water partition coefficient (Wildman–Crippen LogP) is 3.11. The Morgan fingerprint density at radius 3 is 2.72 bits per heavy atom. The zero-order valence-electron chi connectivity index (χ0n) is 15.6. The standard InChI is InChI=1S/C18H18ClN3O6S/c1-11-13(4-3-5-14(11)22(24)25)20-18(23)17-8-9-21(29(2,26)27)15-10-12(19)6-7-16(15)28-17/h3-7,10,17H,8-9H2,1-2H3,(H,20,23)/t17-/m0/s1. The first-order valence-corrected chi connectivity index (χ1v) is 10.8. The first-order valence-electron chi connectivity index (χ1n) is 8.56. The Bertz CT molecular complexity index is 1090. The molecule has 154 valence electrons. The molecule has 1 N–H and O–H groups in total. The van der Waals surface area contributed by atoms with Crippen LogP contribution in [0.1, 0.15) is 12.0 Å². The molecule has 9 nitrogen and oxygen atoms in total. The number of nitro groups is 1. The minimum atomic E-state index is -3.62. The first kappa shape index (κ1) is 20.9. The van der Waals surface area contributed by atoms with Crippen molar-refractivity contribution in [2.24, 2.45) is 0 Å². The van der Waals surface area contributed by atoms with Crippen LogP contribution in [0.4, 0.5) is 17.1 Å². The molecule has 1 atom stereocenters. The van der Waals surface area contributed by atoms with Crippen LogP contribution < -0.4 is 14.4 Å². The summed E-state index contributed by atoms with van der Waals surface area (Å²) in [5.74, 6) is -0.335. The van der Waals surface area contributed by atoms with Gasteiger partial charge in [-0.15, -0.1) is 0 Å². The van der Waals surface area contributed by atoms with Crippen molar-refractivity contribution >= 4 is 44.6 Å². The molecule has 0 radical (unpaired) electrons. The maximum absolute atomic E-state index is 12.8. The van der Waals surface area contributed by atoms with Crippen molar-refractivity contribution in [3.63, 3.8) is 0 Å². The van der Waals surface area contributed by atoms with Gasteiger partial charge in [0.15, 0.2) is 6.10 Å². The van der Waals surface area contributed by atoms with Gasteiger partial charge >= 0.3 is 0 Å². The maximum atomic E-state index is 12.8. The molecule has 2 aromatic rings. The van der Waals surface area contributed by atoms with Crippen LogP contribution in [0, 0.1) is 17.0 Å². The molecule has 29 heavy (non-hydrogen) atoms. The van der Waals surface area contributed by atoms with E-state index in [1.807, 2.05) is 0 Å². The fourth-order valence-corrected chi connectivity index (χ4v) is 4.15. The van der Waals surface area contributed by atoms with Gasteiger partial charge in [0.2, 0.25) is 10.0 Å². The summed E-state index contributed by atoms with van der Waals surface area (Å²) in [6.07, 6.45) is 0.143. The molecular formula is C18H18ClN3O6S. The molecular weight excluding hydrogens is 422 g/mol. The number of carbonyl (C=O) groups excluding carboxylic acids is 1. The molecule has 0 spiro atoms. The van der Waals surface area contributed by atoms with Crippen molar-refractivity contribution in [3.05, 3.63) is 57.1 Å². The van der Waals surface area contributed by atoms with Crippen molar-refractivity contribution in [1.29, 1.82) is 0 Å². The number of hydrogen-bond donors (Lipinski definition) is 1. The van der Waals surface area contributed by atoms with E-state index in [1.165, 1.54) is 37.3 Å². The molecule has 2 aromatic carbocycles. The van der Waals surface area contributed by atoms with Crippen LogP contribution in [0.2, 0.25) is 5.02 Å². The van der Waals surface area contributed by atoms with E-state index in [4.69, 9.17) is 16.3 Å². The summed E-state index contributed by atoms with van der Waals surface area (Å²) in [4.78, 5) is 23.4. The minimum absolute atomic E-state index is 0.0121. The fourth-order valence-electron chi connectivity index (χ4n) is 3.05. The van der Waals surface area contributed by atoms with Crippen LogP contribution in [-0.4, -0.2) is 38.2 Å². The normalized spacial score (nSPS) is 16.4. The molecule has 0 bridgehead atoms. The number of amides is 1. The largest absolute Gasteiger partial charge is 0.478 e. The lowest BCUT2D eigenvalue weighted by atomic mass is 10.1. The van der Waals surface area contributed by atoms with Crippen molar-refractivity contribution in [3.8, 4) is 5.75 Å². The van der Waals surface area contributed by atoms with Crippen LogP contribution in [0.15, 0.2) is 36.4 Å². The zero-order chi connectivity index (χ0) is 21.3. The van der Waals surface area contributed by atoms with Crippen LogP contribution >= 0.6 is 11.6 Å². The second kappa shape index (κ2) is 7.88. The highest BCUT2D eigenvalue weighted by Crippen LogP contribution is 2.36. The number of nitrogens with zero attached hydrogens (tertiary/aromatic N) is 2. The van der Waals surface area contributed by atoms with Crippen molar-refractivity contribution in [2.75, 3.05) is 22.4 Å². The number of benzene rings is 2. The van der Waals surface area contributed by atoms with E-state index in [0.29, 0.717) is 10.6 Å². The lowest BCUT2D eigenvalue weighted by molar-refractivity contribution is -0.385. The third kappa shape index (κ3) is 4.43. The van der Waals surface area contributed by atoms with Crippen LogP contribution in [0.3, 0.4) is 0 Å². The number of nitro benzene ring substituents is 1. The third-order valence-electron chi connectivity index (χ3n) is 4.51. The number of anilines is 2. The molecule has 1 aliphatic heterocycles. The third-order valence-corrected chi connectivity index (χ3v) is 5.92. The van der Waals surface area contributed by atoms with E-state index in [1.54, 1.807) is 6.07 Å². The van der Waals surface area contributed by atoms with E-state index in [-0.39, 0.29) is 35.8 Å². The summed E-state index contributed by atoms with van der Waals surface area (Å²) < 4.78 is 31.3. The van der Waals surface area contributed by atoms with Crippen LogP contribution in [0.5, 0.6) is 5.75 Å². The molecule has 0 saturated heterocycles. The number of rotatable bonds is 4. The van der Waals surface area contributed by atoms with E-state index >= 15 is 0 Å². The van der Waals surface area contributed by atoms with Gasteiger partial charge in [-0.05, 0) is 31.2 Å². The Kier molecular flexibility index (Phi) is 5.67. The predicted molar refractivity (Wildman–Crippen MR) is 109 cm³/mol. The number of ether oxygens (including phenoxy) is 1. The number of carbonyl (C=O) groups is 1. The summed E-state index contributed by atoms with van der Waals surface area (Å²) in [6.45, 7) is 1.54. The molecule has 1 heterocycles. The number of nitrogens with one attached hydrogen (secondary N) is 1. The monoisotopic (exact) mass is 439 g/mol. The summed E-state index contributed by atoms with van der Waals surface area (Å²) in [6, 6.07) is 8.86. The molecule has 0 unspecified atom stereocenters. The highest BCUT2D eigenvalue weighted by atomic mass is 35.5. The van der Waals surface area contributed by atoms with Crippen molar-refractivity contribution in [2.45, 2.75) is 19.4 Å². The van der Waals surface area contributed by atoms with Gasteiger partial charge in [-0.3, -0.25) is 19.2 Å². The van der Waals surface area contributed by atoms with Gasteiger partial charge in [0.05, 0.1) is 28.1 Å². The van der Waals surface area contributed by atoms with E-state index in [9.17, 15) is 23.3 Å². The first-order chi connectivity index (χ1) is 13.6. The van der Waals surface area contributed by atoms with Gasteiger partial charge in [0.1, 0.15) is 5.75 Å². The molecule has 3 rings (SSSR count). The molecule has 1 amide bonds. The highest BCUT2D eigenvalue weighted by molar-refractivity contribution is 7.92. The average Bonchev–Trinajstić information content (AvgIpc) is 2.82. The topological polar surface area (TPSA) is 119 Å². The molecule has 0 fully saturated rings. The maximum Gasteiger partial charge on any atom is 0.274 e. The van der Waals surface area contributed by atoms with E-state index < -0.39 is 27.0 Å². The minimum Gasteiger partial charge on any atom is -0.478 e. The quantitative estimate of drug-likeness (QED) is 0.577. The Morgan fingerprint density at radius 2 is 2.07 bits per heavy atom. The average molecular weight is 440 g/mol. The summed E-state index contributed by atoms with van der Waals surface area (Å²) in [5.41, 5.74) is 0.729. The van der Waals surface area contributed by atoms with Gasteiger partial charge in [0, 0.05) is 24.1 Å². The van der Waals surface area contributed by atoms with Crippen LogP contribution in [0.25, 0.3) is 0 Å². The molecule has 11 heteroatoms. The van der Waals surface area contributed by atoms with Gasteiger partial charge < -0.3 is 10.1 Å². The number of halogens is 1. The smallest absolute Gasteiger partial charge is 0.274 e. The van der Waals surface area contributed by atoms with E-state index in [2.05, 4.69) is 5.32 Å². The summed E-state index contributed by atoms with van der Waals surface area (Å²) in [5, 5.41) is 14.1.